The molecule has 0 saturated carbocycles. The van der Waals surface area contributed by atoms with Gasteiger partial charge in [-0.1, -0.05) is 0 Å². The molecule has 0 aliphatic heterocycles. The fourth-order valence-electron chi connectivity index (χ4n) is 1.65. The van der Waals surface area contributed by atoms with Crippen molar-refractivity contribution in [2.75, 3.05) is 6.61 Å². The third-order valence-electron chi connectivity index (χ3n) is 2.60. The first kappa shape index (κ1) is 17.5. The highest BCUT2D eigenvalue weighted by molar-refractivity contribution is 7.89. The van der Waals surface area contributed by atoms with E-state index >= 15 is 0 Å². The van der Waals surface area contributed by atoms with Crippen molar-refractivity contribution in [2.45, 2.75) is 44.7 Å². The van der Waals surface area contributed by atoms with E-state index in [1.807, 2.05) is 20.8 Å². The Labute approximate surface area is 125 Å². The molecule has 21 heavy (non-hydrogen) atoms. The topological polar surface area (TPSA) is 84.5 Å². The number of nitrogens with one attached hydrogen (secondary N) is 2. The van der Waals surface area contributed by atoms with Gasteiger partial charge in [0, 0.05) is 6.04 Å². The number of carbonyl (C=O) groups is 1. The molecule has 0 fully saturated rings. The van der Waals surface area contributed by atoms with Gasteiger partial charge in [-0.25, -0.2) is 8.42 Å². The number of hydrogen-bond acceptors (Lipinski definition) is 4. The minimum Gasteiger partial charge on any atom is -0.494 e. The molecule has 1 aromatic carbocycles. The molecule has 118 valence electrons. The van der Waals surface area contributed by atoms with Crippen LogP contribution >= 0.6 is 0 Å². The molecule has 0 spiro atoms. The Morgan fingerprint density at radius 1 is 1.19 bits per heavy atom. The Morgan fingerprint density at radius 2 is 1.76 bits per heavy atom. The first-order valence-electron chi connectivity index (χ1n) is 6.82. The van der Waals surface area contributed by atoms with Gasteiger partial charge < -0.3 is 10.1 Å². The van der Waals surface area contributed by atoms with E-state index in [1.54, 1.807) is 12.1 Å². The monoisotopic (exact) mass is 314 g/mol. The molecule has 6 nitrogen and oxygen atoms in total. The lowest BCUT2D eigenvalue weighted by atomic mass is 10.3. The van der Waals surface area contributed by atoms with Crippen molar-refractivity contribution in [3.63, 3.8) is 0 Å². The summed E-state index contributed by atoms with van der Waals surface area (Å²) in [5, 5.41) is 2.66. The lowest BCUT2D eigenvalue weighted by Crippen LogP contribution is -2.46. The number of amides is 1. The molecule has 1 amide bonds. The van der Waals surface area contributed by atoms with Crippen LogP contribution in [0.3, 0.4) is 0 Å². The van der Waals surface area contributed by atoms with Gasteiger partial charge in [0.15, 0.2) is 0 Å². The predicted molar refractivity (Wildman–Crippen MR) is 80.7 cm³/mol. The van der Waals surface area contributed by atoms with Crippen LogP contribution in [0.1, 0.15) is 27.7 Å². The average molecular weight is 314 g/mol. The number of benzene rings is 1. The number of carbonyl (C=O) groups excluding carboxylic acids is 1. The zero-order valence-electron chi connectivity index (χ0n) is 12.7. The molecule has 0 aliphatic carbocycles. The van der Waals surface area contributed by atoms with Gasteiger partial charge in [-0.15, -0.1) is 0 Å². The van der Waals surface area contributed by atoms with E-state index in [0.29, 0.717) is 12.4 Å². The van der Waals surface area contributed by atoms with E-state index in [0.717, 1.165) is 0 Å². The summed E-state index contributed by atoms with van der Waals surface area (Å²) < 4.78 is 31.9. The van der Waals surface area contributed by atoms with Crippen molar-refractivity contribution in [1.29, 1.82) is 0 Å². The molecule has 0 aliphatic rings. The van der Waals surface area contributed by atoms with E-state index in [9.17, 15) is 13.2 Å². The number of hydrogen-bond donors (Lipinski definition) is 2. The zero-order chi connectivity index (χ0) is 16.0. The predicted octanol–water partition coefficient (Wildman–Crippen LogP) is 1.28. The summed E-state index contributed by atoms with van der Waals surface area (Å²) >= 11 is 0. The maximum Gasteiger partial charge on any atom is 0.241 e. The maximum atomic E-state index is 12.2. The minimum atomic E-state index is -3.74. The maximum absolute atomic E-state index is 12.2. The van der Waals surface area contributed by atoms with Gasteiger partial charge >= 0.3 is 0 Å². The number of ether oxygens (including phenoxy) is 1. The van der Waals surface area contributed by atoms with Crippen LogP contribution in [0, 0.1) is 0 Å². The van der Waals surface area contributed by atoms with E-state index in [4.69, 9.17) is 4.74 Å². The van der Waals surface area contributed by atoms with Crippen molar-refractivity contribution in [2.24, 2.45) is 0 Å². The number of rotatable bonds is 7. The third-order valence-corrected chi connectivity index (χ3v) is 4.16. The second-order valence-corrected chi connectivity index (χ2v) is 6.62. The zero-order valence-corrected chi connectivity index (χ0v) is 13.5. The van der Waals surface area contributed by atoms with Crippen LogP contribution < -0.4 is 14.8 Å². The highest BCUT2D eigenvalue weighted by atomic mass is 32.2. The van der Waals surface area contributed by atoms with Crippen LogP contribution in [0.5, 0.6) is 5.75 Å². The largest absolute Gasteiger partial charge is 0.494 e. The highest BCUT2D eigenvalue weighted by Crippen LogP contribution is 2.16. The fourth-order valence-corrected chi connectivity index (χ4v) is 2.85. The number of sulfonamides is 1. The van der Waals surface area contributed by atoms with E-state index in [-0.39, 0.29) is 16.8 Å². The Kier molecular flexibility index (Phi) is 6.17. The lowest BCUT2D eigenvalue weighted by Gasteiger charge is -2.16. The normalized spacial score (nSPS) is 13.0. The summed E-state index contributed by atoms with van der Waals surface area (Å²) in [6, 6.07) is 5.16. The van der Waals surface area contributed by atoms with Crippen molar-refractivity contribution >= 4 is 15.9 Å². The second kappa shape index (κ2) is 7.42. The van der Waals surface area contributed by atoms with Crippen LogP contribution in [0.15, 0.2) is 29.2 Å². The molecular formula is C14H22N2O4S. The first-order chi connectivity index (χ1) is 9.76. The summed E-state index contributed by atoms with van der Waals surface area (Å²) in [6.45, 7) is 7.49. The van der Waals surface area contributed by atoms with E-state index in [1.165, 1.54) is 19.1 Å². The first-order valence-corrected chi connectivity index (χ1v) is 8.30. The van der Waals surface area contributed by atoms with E-state index in [2.05, 4.69) is 10.0 Å². The van der Waals surface area contributed by atoms with Crippen molar-refractivity contribution in [1.82, 2.24) is 10.0 Å². The van der Waals surface area contributed by atoms with Crippen molar-refractivity contribution in [3.05, 3.63) is 24.3 Å². The standard InChI is InChI=1S/C14H22N2O4S/c1-5-20-12-6-8-13(9-7-12)21(18,19)16-11(4)14(17)15-10(2)3/h6-11,16H,5H2,1-4H3,(H,15,17)/t11-/m1/s1. The van der Waals surface area contributed by atoms with Crippen LogP contribution in [-0.2, 0) is 14.8 Å². The molecule has 0 unspecified atom stereocenters. The Bertz CT molecular complexity index is 567. The third kappa shape index (κ3) is 5.35. The Hall–Kier alpha value is -1.60. The van der Waals surface area contributed by atoms with Crippen molar-refractivity contribution < 1.29 is 17.9 Å². The van der Waals surface area contributed by atoms with Gasteiger partial charge in [0.25, 0.3) is 0 Å². The second-order valence-electron chi connectivity index (χ2n) is 4.91. The Morgan fingerprint density at radius 3 is 2.24 bits per heavy atom. The quantitative estimate of drug-likeness (QED) is 0.794. The van der Waals surface area contributed by atoms with Crippen LogP contribution in [0.2, 0.25) is 0 Å². The minimum absolute atomic E-state index is 0.0464. The molecule has 0 radical (unpaired) electrons. The Balaban J connectivity index is 2.79. The van der Waals surface area contributed by atoms with Gasteiger partial charge in [-0.05, 0) is 52.0 Å². The average Bonchev–Trinajstić information content (AvgIpc) is 2.38. The SMILES string of the molecule is CCOc1ccc(S(=O)(=O)N[C@H](C)C(=O)NC(C)C)cc1. The summed E-state index contributed by atoms with van der Waals surface area (Å²) in [4.78, 5) is 11.8. The molecular weight excluding hydrogens is 292 g/mol. The van der Waals surface area contributed by atoms with Crippen molar-refractivity contribution in [3.8, 4) is 5.75 Å². The smallest absolute Gasteiger partial charge is 0.241 e. The summed E-state index contributed by atoms with van der Waals surface area (Å²) in [5.41, 5.74) is 0. The van der Waals surface area contributed by atoms with Gasteiger partial charge in [-0.2, -0.15) is 4.72 Å². The molecule has 1 atom stereocenters. The molecule has 1 aromatic rings. The molecule has 7 heteroatoms. The van der Waals surface area contributed by atoms with Gasteiger partial charge in [0.2, 0.25) is 15.9 Å². The molecule has 1 rings (SSSR count). The van der Waals surface area contributed by atoms with Gasteiger partial charge in [0.05, 0.1) is 17.5 Å². The van der Waals surface area contributed by atoms with Crippen LogP contribution in [0.25, 0.3) is 0 Å². The van der Waals surface area contributed by atoms with Crippen LogP contribution in [-0.4, -0.2) is 33.0 Å². The molecule has 0 bridgehead atoms. The van der Waals surface area contributed by atoms with Gasteiger partial charge in [-0.3, -0.25) is 4.79 Å². The van der Waals surface area contributed by atoms with Gasteiger partial charge in [0.1, 0.15) is 5.75 Å². The summed E-state index contributed by atoms with van der Waals surface area (Å²) in [5.74, 6) is 0.238. The molecule has 0 aromatic heterocycles. The molecule has 0 saturated heterocycles. The fraction of sp³-hybridized carbons (Fsp3) is 0.500. The van der Waals surface area contributed by atoms with E-state index < -0.39 is 16.1 Å². The molecule has 2 N–H and O–H groups in total. The summed E-state index contributed by atoms with van der Waals surface area (Å²) in [6.07, 6.45) is 0. The summed E-state index contributed by atoms with van der Waals surface area (Å²) in [7, 11) is -3.74. The van der Waals surface area contributed by atoms with Crippen LogP contribution in [0.4, 0.5) is 0 Å². The lowest BCUT2D eigenvalue weighted by molar-refractivity contribution is -0.122. The highest BCUT2D eigenvalue weighted by Gasteiger charge is 2.22. The molecule has 0 heterocycles.